The van der Waals surface area contributed by atoms with E-state index in [9.17, 15) is 18.4 Å². The standard InChI is InChI=1S/C39H40F2N2O6/c1-38(2,3)49-34(45)21-22-39(37(46)42-25-31-32(40)11-7-12-33(31)41)35(28-15-13-27(14-16-28)26-9-5-4-6-10-26)48-36(43-39)29-17-19-30(20-18-29)47-24-8-23-44/h4-7,9-20,35,44H,8,21-25H2,1-3H3,(H,42,46)/t35-,39-/m1/s1. The Morgan fingerprint density at radius 1 is 0.878 bits per heavy atom. The fraction of sp³-hybridized carbons (Fsp3) is 0.308. The fourth-order valence-corrected chi connectivity index (χ4v) is 5.56. The van der Waals surface area contributed by atoms with Gasteiger partial charge in [-0.25, -0.2) is 13.8 Å². The molecule has 0 radical (unpaired) electrons. The van der Waals surface area contributed by atoms with E-state index in [-0.39, 0.29) is 30.9 Å². The quantitative estimate of drug-likeness (QED) is 0.116. The zero-order chi connectivity index (χ0) is 35.0. The second-order valence-corrected chi connectivity index (χ2v) is 12.7. The van der Waals surface area contributed by atoms with Gasteiger partial charge in [0.25, 0.3) is 5.91 Å². The zero-order valence-corrected chi connectivity index (χ0v) is 27.7. The number of carbonyl (C=O) groups is 2. The van der Waals surface area contributed by atoms with E-state index in [1.165, 1.54) is 6.07 Å². The van der Waals surface area contributed by atoms with E-state index in [1.54, 1.807) is 45.0 Å². The van der Waals surface area contributed by atoms with Gasteiger partial charge in [0.05, 0.1) is 6.61 Å². The van der Waals surface area contributed by atoms with Crippen molar-refractivity contribution in [3.05, 3.63) is 125 Å². The first-order valence-electron chi connectivity index (χ1n) is 16.2. The summed E-state index contributed by atoms with van der Waals surface area (Å²) in [5.74, 6) is -2.09. The lowest BCUT2D eigenvalue weighted by Gasteiger charge is -2.31. The molecule has 8 nitrogen and oxygen atoms in total. The van der Waals surface area contributed by atoms with Crippen LogP contribution in [0.5, 0.6) is 5.75 Å². The molecule has 0 saturated heterocycles. The highest BCUT2D eigenvalue weighted by molar-refractivity contribution is 6.01. The normalized spacial score (nSPS) is 17.2. The van der Waals surface area contributed by atoms with Gasteiger partial charge in [-0.15, -0.1) is 0 Å². The number of hydrogen-bond acceptors (Lipinski definition) is 7. The van der Waals surface area contributed by atoms with Gasteiger partial charge in [0, 0.05) is 37.1 Å². The van der Waals surface area contributed by atoms with E-state index < -0.39 is 47.3 Å². The molecule has 0 unspecified atom stereocenters. The molecule has 4 aromatic carbocycles. The molecule has 1 aliphatic heterocycles. The molecule has 1 amide bonds. The number of rotatable bonds is 13. The second kappa shape index (κ2) is 15.4. The molecule has 0 aliphatic carbocycles. The van der Waals surface area contributed by atoms with Gasteiger partial charge in [-0.3, -0.25) is 9.59 Å². The number of nitrogens with zero attached hydrogens (tertiary/aromatic N) is 1. The molecule has 1 heterocycles. The van der Waals surface area contributed by atoms with Gasteiger partial charge in [-0.2, -0.15) is 0 Å². The van der Waals surface area contributed by atoms with E-state index in [0.29, 0.717) is 29.9 Å². The molecule has 49 heavy (non-hydrogen) atoms. The Bertz CT molecular complexity index is 1750. The number of aliphatic hydroxyl groups excluding tert-OH is 1. The third-order valence-corrected chi connectivity index (χ3v) is 7.97. The maximum Gasteiger partial charge on any atom is 0.306 e. The van der Waals surface area contributed by atoms with Crippen LogP contribution in [0.4, 0.5) is 8.78 Å². The van der Waals surface area contributed by atoms with Gasteiger partial charge >= 0.3 is 5.97 Å². The van der Waals surface area contributed by atoms with Crippen LogP contribution in [0.25, 0.3) is 11.1 Å². The van der Waals surface area contributed by atoms with E-state index in [4.69, 9.17) is 24.3 Å². The first-order chi connectivity index (χ1) is 23.5. The monoisotopic (exact) mass is 670 g/mol. The topological polar surface area (TPSA) is 106 Å². The summed E-state index contributed by atoms with van der Waals surface area (Å²) in [5.41, 5.74) is 0.314. The largest absolute Gasteiger partial charge is 0.494 e. The van der Waals surface area contributed by atoms with E-state index in [1.807, 2.05) is 54.6 Å². The molecular formula is C39H40F2N2O6. The Morgan fingerprint density at radius 3 is 2.14 bits per heavy atom. The van der Waals surface area contributed by atoms with Gasteiger partial charge in [-0.05, 0) is 80.3 Å². The maximum atomic E-state index is 14.6. The molecule has 1 aliphatic rings. The van der Waals surface area contributed by atoms with Crippen molar-refractivity contribution in [1.29, 1.82) is 0 Å². The number of halogens is 2. The summed E-state index contributed by atoms with van der Waals surface area (Å²) in [4.78, 5) is 32.3. The van der Waals surface area contributed by atoms with Crippen LogP contribution in [0, 0.1) is 11.6 Å². The lowest BCUT2D eigenvalue weighted by Crippen LogP contribution is -2.48. The van der Waals surface area contributed by atoms with Crippen molar-refractivity contribution >= 4 is 17.8 Å². The highest BCUT2D eigenvalue weighted by Crippen LogP contribution is 2.44. The molecular weight excluding hydrogens is 630 g/mol. The van der Waals surface area contributed by atoms with Crippen molar-refractivity contribution in [2.24, 2.45) is 4.99 Å². The van der Waals surface area contributed by atoms with Gasteiger partial charge in [0.1, 0.15) is 23.0 Å². The number of aliphatic imine (C=N–C) groups is 1. The summed E-state index contributed by atoms with van der Waals surface area (Å²) in [6.45, 7) is 5.15. The minimum absolute atomic E-state index is 0.00738. The van der Waals surface area contributed by atoms with Gasteiger partial charge in [0.15, 0.2) is 11.6 Å². The average Bonchev–Trinajstić information content (AvgIpc) is 3.48. The first kappa shape index (κ1) is 35.2. The Morgan fingerprint density at radius 2 is 1.51 bits per heavy atom. The summed E-state index contributed by atoms with van der Waals surface area (Å²) < 4.78 is 46.9. The molecule has 2 atom stereocenters. The van der Waals surface area contributed by atoms with Crippen LogP contribution in [0.2, 0.25) is 0 Å². The fourth-order valence-electron chi connectivity index (χ4n) is 5.56. The summed E-state index contributed by atoms with van der Waals surface area (Å²) in [5, 5.41) is 11.8. The predicted octanol–water partition coefficient (Wildman–Crippen LogP) is 7.09. The molecule has 256 valence electrons. The Kier molecular flexibility index (Phi) is 11.1. The van der Waals surface area contributed by atoms with Gasteiger partial charge < -0.3 is 24.6 Å². The zero-order valence-electron chi connectivity index (χ0n) is 27.7. The lowest BCUT2D eigenvalue weighted by molar-refractivity contribution is -0.155. The van der Waals surface area contributed by atoms with Crippen LogP contribution < -0.4 is 10.1 Å². The van der Waals surface area contributed by atoms with Crippen molar-refractivity contribution in [3.8, 4) is 16.9 Å². The third-order valence-electron chi connectivity index (χ3n) is 7.97. The van der Waals surface area contributed by atoms with Crippen molar-refractivity contribution in [1.82, 2.24) is 5.32 Å². The van der Waals surface area contributed by atoms with E-state index in [0.717, 1.165) is 23.3 Å². The molecule has 0 spiro atoms. The van der Waals surface area contributed by atoms with Crippen molar-refractivity contribution in [3.63, 3.8) is 0 Å². The summed E-state index contributed by atoms with van der Waals surface area (Å²) in [6, 6.07) is 27.7. The van der Waals surface area contributed by atoms with Crippen LogP contribution in [-0.4, -0.2) is 47.2 Å². The minimum atomic E-state index is -1.72. The van der Waals surface area contributed by atoms with Crippen LogP contribution in [0.15, 0.2) is 102 Å². The Labute approximate surface area is 284 Å². The van der Waals surface area contributed by atoms with Crippen molar-refractivity contribution < 1.29 is 37.7 Å². The highest BCUT2D eigenvalue weighted by Gasteiger charge is 2.53. The number of benzene rings is 4. The number of amides is 1. The molecule has 0 fully saturated rings. The van der Waals surface area contributed by atoms with Crippen LogP contribution in [-0.2, 0) is 25.6 Å². The van der Waals surface area contributed by atoms with Crippen LogP contribution in [0.1, 0.15) is 62.8 Å². The summed E-state index contributed by atoms with van der Waals surface area (Å²) in [6.07, 6.45) is -0.839. The molecule has 2 N–H and O–H groups in total. The molecule has 0 saturated carbocycles. The highest BCUT2D eigenvalue weighted by atomic mass is 19.1. The van der Waals surface area contributed by atoms with E-state index >= 15 is 0 Å². The maximum absolute atomic E-state index is 14.6. The number of hydrogen-bond donors (Lipinski definition) is 2. The summed E-state index contributed by atoms with van der Waals surface area (Å²) >= 11 is 0. The van der Waals surface area contributed by atoms with Gasteiger partial charge in [0.2, 0.25) is 5.90 Å². The second-order valence-electron chi connectivity index (χ2n) is 12.7. The van der Waals surface area contributed by atoms with E-state index in [2.05, 4.69) is 5.32 Å². The van der Waals surface area contributed by atoms with Crippen LogP contribution >= 0.6 is 0 Å². The number of nitrogens with one attached hydrogen (secondary N) is 1. The number of ether oxygens (including phenoxy) is 3. The molecule has 0 aromatic heterocycles. The van der Waals surface area contributed by atoms with Crippen LogP contribution in [0.3, 0.4) is 0 Å². The van der Waals surface area contributed by atoms with Crippen molar-refractivity contribution in [2.75, 3.05) is 13.2 Å². The lowest BCUT2D eigenvalue weighted by atomic mass is 9.83. The van der Waals surface area contributed by atoms with Crippen molar-refractivity contribution in [2.45, 2.75) is 63.8 Å². The number of aliphatic hydroxyl groups is 1. The Hall–Kier alpha value is -5.09. The van der Waals surface area contributed by atoms with Gasteiger partial charge in [-0.1, -0.05) is 60.7 Å². The average molecular weight is 671 g/mol. The number of esters is 1. The SMILES string of the molecule is CC(C)(C)OC(=O)CC[C@@]1(C(=O)NCc2c(F)cccc2F)N=C(c2ccc(OCCCO)cc2)O[C@@H]1c1ccc(-c2ccccc2)cc1. The smallest absolute Gasteiger partial charge is 0.306 e. The third kappa shape index (κ3) is 8.69. The molecule has 5 rings (SSSR count). The minimum Gasteiger partial charge on any atom is -0.494 e. The molecule has 4 aromatic rings. The molecule has 0 bridgehead atoms. The predicted molar refractivity (Wildman–Crippen MR) is 182 cm³/mol. The summed E-state index contributed by atoms with van der Waals surface area (Å²) in [7, 11) is 0. The first-order valence-corrected chi connectivity index (χ1v) is 16.2. The number of carbonyl (C=O) groups excluding carboxylic acids is 2. The Balaban J connectivity index is 1.54. The molecule has 10 heteroatoms.